The van der Waals surface area contributed by atoms with E-state index in [2.05, 4.69) is 5.32 Å². The molecule has 1 aliphatic rings. The van der Waals surface area contributed by atoms with E-state index >= 15 is 0 Å². The predicted molar refractivity (Wildman–Crippen MR) is 122 cm³/mol. The molecule has 1 aliphatic carbocycles. The monoisotopic (exact) mass is 429 g/mol. The van der Waals surface area contributed by atoms with Gasteiger partial charge in [0, 0.05) is 17.2 Å². The number of allylic oxidation sites excluding steroid dienone is 1. The zero-order valence-corrected chi connectivity index (χ0v) is 17.7. The molecule has 0 heterocycles. The molecule has 1 amide bonds. The molecule has 3 aromatic rings. The Labute approximate surface area is 186 Å². The first kappa shape index (κ1) is 21.5. The maximum absolute atomic E-state index is 14.4. The topological polar surface area (TPSA) is 55.4 Å². The molecule has 0 radical (unpaired) electrons. The van der Waals surface area contributed by atoms with Crippen LogP contribution >= 0.6 is 0 Å². The Kier molecular flexibility index (Phi) is 6.45. The lowest BCUT2D eigenvalue weighted by Gasteiger charge is -2.22. The van der Waals surface area contributed by atoms with Gasteiger partial charge in [-0.25, -0.2) is 4.39 Å². The molecule has 3 unspecified atom stereocenters. The van der Waals surface area contributed by atoms with Crippen LogP contribution in [0.25, 0.3) is 11.1 Å². The summed E-state index contributed by atoms with van der Waals surface area (Å²) < 4.78 is 19.3. The third-order valence-corrected chi connectivity index (χ3v) is 5.81. The van der Waals surface area contributed by atoms with Crippen molar-refractivity contribution in [2.75, 3.05) is 7.11 Å². The maximum Gasteiger partial charge on any atom is 0.313 e. The van der Waals surface area contributed by atoms with Crippen LogP contribution in [0.3, 0.4) is 0 Å². The molecule has 0 spiro atoms. The molecule has 4 nitrogen and oxygen atoms in total. The van der Waals surface area contributed by atoms with Gasteiger partial charge in [-0.15, -0.1) is 0 Å². The molecule has 5 heteroatoms. The normalized spacial score (nSPS) is 18.2. The van der Waals surface area contributed by atoms with Crippen LogP contribution in [0.15, 0.2) is 91.0 Å². The van der Waals surface area contributed by atoms with E-state index in [0.717, 1.165) is 11.1 Å². The van der Waals surface area contributed by atoms with Gasteiger partial charge < -0.3 is 10.1 Å². The fraction of sp³-hybridized carbons (Fsp3) is 0.185. The summed E-state index contributed by atoms with van der Waals surface area (Å²) >= 11 is 0. The average Bonchev–Trinajstić information content (AvgIpc) is 3.28. The molecule has 1 N–H and O–H groups in total. The van der Waals surface area contributed by atoms with E-state index in [9.17, 15) is 14.0 Å². The van der Waals surface area contributed by atoms with Crippen molar-refractivity contribution in [2.45, 2.75) is 18.4 Å². The van der Waals surface area contributed by atoms with Gasteiger partial charge in [0.15, 0.2) is 0 Å². The number of rotatable bonds is 6. The van der Waals surface area contributed by atoms with Gasteiger partial charge in [-0.1, -0.05) is 72.8 Å². The highest BCUT2D eigenvalue weighted by Crippen LogP contribution is 2.35. The molecular formula is C27H24FNO3. The van der Waals surface area contributed by atoms with Crippen LogP contribution < -0.4 is 5.32 Å². The minimum Gasteiger partial charge on any atom is -0.469 e. The molecule has 0 saturated heterocycles. The molecule has 0 aliphatic heterocycles. The van der Waals surface area contributed by atoms with Crippen LogP contribution in [0.5, 0.6) is 0 Å². The van der Waals surface area contributed by atoms with E-state index < -0.39 is 17.7 Å². The van der Waals surface area contributed by atoms with E-state index in [1.54, 1.807) is 30.3 Å². The first-order valence-corrected chi connectivity index (χ1v) is 10.5. The van der Waals surface area contributed by atoms with Crippen molar-refractivity contribution in [3.05, 3.63) is 108 Å². The van der Waals surface area contributed by atoms with E-state index in [-0.39, 0.29) is 17.9 Å². The van der Waals surface area contributed by atoms with Crippen LogP contribution in [0, 0.1) is 11.7 Å². The fourth-order valence-corrected chi connectivity index (χ4v) is 4.16. The standard InChI is InChI=1S/C27H24FNO3/c1-32-27(31)25(23-9-5-6-10-24(23)28)21-15-16-22(17-21)29-26(30)20-13-11-19(12-14-20)18-7-3-2-4-8-18/h2-16,21-22,25H,17H2,1H3,(H,29,30). The Morgan fingerprint density at radius 1 is 0.906 bits per heavy atom. The number of amides is 1. The molecule has 0 fully saturated rings. The average molecular weight is 429 g/mol. The van der Waals surface area contributed by atoms with Gasteiger partial charge in [0.2, 0.25) is 0 Å². The number of benzene rings is 3. The first-order valence-electron chi connectivity index (χ1n) is 10.5. The first-order chi connectivity index (χ1) is 15.6. The predicted octanol–water partition coefficient (Wildman–Crippen LogP) is 5.12. The number of nitrogens with one attached hydrogen (secondary N) is 1. The highest BCUT2D eigenvalue weighted by atomic mass is 19.1. The lowest BCUT2D eigenvalue weighted by atomic mass is 9.85. The summed E-state index contributed by atoms with van der Waals surface area (Å²) in [6.07, 6.45) is 4.21. The zero-order valence-electron chi connectivity index (χ0n) is 17.7. The number of ether oxygens (including phenoxy) is 1. The van der Waals surface area contributed by atoms with Crippen molar-refractivity contribution < 1.29 is 18.7 Å². The van der Waals surface area contributed by atoms with E-state index in [0.29, 0.717) is 17.5 Å². The minimum absolute atomic E-state index is 0.194. The molecule has 0 bridgehead atoms. The van der Waals surface area contributed by atoms with Crippen molar-refractivity contribution in [3.8, 4) is 11.1 Å². The molecule has 3 aromatic carbocycles. The van der Waals surface area contributed by atoms with Crippen LogP contribution in [0.4, 0.5) is 4.39 Å². The number of carbonyl (C=O) groups is 2. The van der Waals surface area contributed by atoms with Crippen molar-refractivity contribution in [2.24, 2.45) is 5.92 Å². The van der Waals surface area contributed by atoms with Crippen LogP contribution in [0.1, 0.15) is 28.3 Å². The van der Waals surface area contributed by atoms with Gasteiger partial charge in [-0.3, -0.25) is 9.59 Å². The van der Waals surface area contributed by atoms with Crippen molar-refractivity contribution in [3.63, 3.8) is 0 Å². The molecule has 162 valence electrons. The van der Waals surface area contributed by atoms with Crippen molar-refractivity contribution in [1.29, 1.82) is 0 Å². The number of hydrogen-bond acceptors (Lipinski definition) is 3. The molecule has 0 aromatic heterocycles. The van der Waals surface area contributed by atoms with Crippen LogP contribution in [0.2, 0.25) is 0 Å². The molecule has 32 heavy (non-hydrogen) atoms. The number of hydrogen-bond donors (Lipinski definition) is 1. The molecular weight excluding hydrogens is 405 g/mol. The Balaban J connectivity index is 1.43. The summed E-state index contributed by atoms with van der Waals surface area (Å²) in [7, 11) is 1.30. The molecule has 3 atom stereocenters. The van der Waals surface area contributed by atoms with Crippen molar-refractivity contribution >= 4 is 11.9 Å². The summed E-state index contributed by atoms with van der Waals surface area (Å²) in [6, 6.07) is 23.4. The summed E-state index contributed by atoms with van der Waals surface area (Å²) in [5.74, 6) is -2.16. The smallest absolute Gasteiger partial charge is 0.313 e. The summed E-state index contributed by atoms with van der Waals surface area (Å²) in [6.45, 7) is 0. The van der Waals surface area contributed by atoms with Gasteiger partial charge in [-0.2, -0.15) is 0 Å². The van der Waals surface area contributed by atoms with E-state index in [4.69, 9.17) is 4.74 Å². The van der Waals surface area contributed by atoms with Crippen LogP contribution in [-0.4, -0.2) is 25.0 Å². The summed E-state index contributed by atoms with van der Waals surface area (Å²) in [4.78, 5) is 25.2. The third-order valence-electron chi connectivity index (χ3n) is 5.81. The lowest BCUT2D eigenvalue weighted by molar-refractivity contribution is -0.143. The minimum atomic E-state index is -0.760. The van der Waals surface area contributed by atoms with Gasteiger partial charge in [0.1, 0.15) is 5.82 Å². The lowest BCUT2D eigenvalue weighted by Crippen LogP contribution is -2.33. The van der Waals surface area contributed by atoms with Gasteiger partial charge in [0.25, 0.3) is 5.91 Å². The van der Waals surface area contributed by atoms with Gasteiger partial charge >= 0.3 is 5.97 Å². The quantitative estimate of drug-likeness (QED) is 0.437. The van der Waals surface area contributed by atoms with E-state index in [1.807, 2.05) is 54.6 Å². The Morgan fingerprint density at radius 3 is 2.25 bits per heavy atom. The van der Waals surface area contributed by atoms with Gasteiger partial charge in [-0.05, 0) is 41.7 Å². The Bertz CT molecular complexity index is 1130. The van der Waals surface area contributed by atoms with E-state index in [1.165, 1.54) is 13.2 Å². The second-order valence-electron chi connectivity index (χ2n) is 7.83. The maximum atomic E-state index is 14.4. The Hall–Kier alpha value is -3.73. The second-order valence-corrected chi connectivity index (χ2v) is 7.83. The third kappa shape index (κ3) is 4.62. The van der Waals surface area contributed by atoms with Crippen molar-refractivity contribution in [1.82, 2.24) is 5.32 Å². The largest absolute Gasteiger partial charge is 0.469 e. The SMILES string of the molecule is COC(=O)C(c1ccccc1F)C1C=CC(NC(=O)c2ccc(-c3ccccc3)cc2)C1. The molecule has 0 saturated carbocycles. The highest BCUT2D eigenvalue weighted by molar-refractivity contribution is 5.95. The Morgan fingerprint density at radius 2 is 1.56 bits per heavy atom. The number of esters is 1. The highest BCUT2D eigenvalue weighted by Gasteiger charge is 2.35. The fourth-order valence-electron chi connectivity index (χ4n) is 4.16. The zero-order chi connectivity index (χ0) is 22.5. The number of halogens is 1. The molecule has 4 rings (SSSR count). The van der Waals surface area contributed by atoms with Crippen LogP contribution in [-0.2, 0) is 9.53 Å². The number of methoxy groups -OCH3 is 1. The summed E-state index contributed by atoms with van der Waals surface area (Å²) in [5.41, 5.74) is 2.98. The summed E-state index contributed by atoms with van der Waals surface area (Å²) in [5, 5.41) is 2.99. The second kappa shape index (κ2) is 9.60. The van der Waals surface area contributed by atoms with Gasteiger partial charge in [0.05, 0.1) is 13.0 Å². The number of carbonyl (C=O) groups excluding carboxylic acids is 2.